The summed E-state index contributed by atoms with van der Waals surface area (Å²) in [4.78, 5) is 0. The van der Waals surface area contributed by atoms with Crippen LogP contribution in [0.2, 0.25) is 0 Å². The zero-order valence-corrected chi connectivity index (χ0v) is 5.35. The van der Waals surface area contributed by atoms with Gasteiger partial charge in [-0.15, -0.1) is 0 Å². The first kappa shape index (κ1) is 6.05. The van der Waals surface area contributed by atoms with Crippen LogP contribution in [0.15, 0.2) is 0 Å². The molecule has 1 rings (SSSR count). The van der Waals surface area contributed by atoms with E-state index in [0.29, 0.717) is 6.04 Å². The second-order valence-electron chi connectivity index (χ2n) is 2.61. The van der Waals surface area contributed by atoms with Crippen molar-refractivity contribution >= 4 is 0 Å². The summed E-state index contributed by atoms with van der Waals surface area (Å²) in [5.41, 5.74) is 5.61. The molecule has 0 amide bonds. The summed E-state index contributed by atoms with van der Waals surface area (Å²) in [7, 11) is 0. The first-order chi connectivity index (χ1) is 3.79. The topological polar surface area (TPSA) is 38.0 Å². The number of nitrogens with one attached hydrogen (secondary N) is 1. The third-order valence-corrected chi connectivity index (χ3v) is 1.65. The third kappa shape index (κ3) is 1.46. The number of nitrogens with two attached hydrogens (primary N) is 1. The molecule has 0 aromatic heterocycles. The fourth-order valence-electron chi connectivity index (χ4n) is 1.18. The lowest BCUT2D eigenvalue weighted by atomic mass is 10.0. The van der Waals surface area contributed by atoms with Gasteiger partial charge in [-0.3, -0.25) is 5.32 Å². The van der Waals surface area contributed by atoms with E-state index in [1.54, 1.807) is 0 Å². The van der Waals surface area contributed by atoms with E-state index < -0.39 is 0 Å². The predicted molar refractivity (Wildman–Crippen MR) is 34.4 cm³/mol. The van der Waals surface area contributed by atoms with E-state index in [1.165, 1.54) is 12.8 Å². The van der Waals surface area contributed by atoms with Crippen molar-refractivity contribution in [2.45, 2.75) is 38.4 Å². The zero-order valence-electron chi connectivity index (χ0n) is 5.35. The largest absolute Gasteiger partial charge is 0.316 e. The first-order valence-corrected chi connectivity index (χ1v) is 3.30. The van der Waals surface area contributed by atoms with Crippen molar-refractivity contribution in [1.29, 1.82) is 0 Å². The molecule has 0 aromatic rings. The van der Waals surface area contributed by atoms with Gasteiger partial charge in [0.05, 0.1) is 6.17 Å². The molecule has 2 heteroatoms. The van der Waals surface area contributed by atoms with Crippen molar-refractivity contribution in [3.63, 3.8) is 0 Å². The van der Waals surface area contributed by atoms with Crippen molar-refractivity contribution in [3.8, 4) is 0 Å². The Balaban J connectivity index is 2.23. The molecule has 3 N–H and O–H groups in total. The van der Waals surface area contributed by atoms with Crippen molar-refractivity contribution in [3.05, 3.63) is 0 Å². The molecule has 1 heterocycles. The molecular weight excluding hydrogens is 100 g/mol. The number of piperidine rings is 1. The molecule has 0 bridgehead atoms. The SMILES string of the molecule is CC1CCCC(N)N1. The summed E-state index contributed by atoms with van der Waals surface area (Å²) in [5, 5.41) is 3.26. The van der Waals surface area contributed by atoms with Crippen LogP contribution in [0.1, 0.15) is 26.2 Å². The maximum atomic E-state index is 5.61. The Hall–Kier alpha value is -0.0800. The van der Waals surface area contributed by atoms with Crippen molar-refractivity contribution in [2.75, 3.05) is 0 Å². The number of rotatable bonds is 0. The fraction of sp³-hybridized carbons (Fsp3) is 1.00. The molecule has 0 aliphatic carbocycles. The van der Waals surface area contributed by atoms with Crippen molar-refractivity contribution in [1.82, 2.24) is 5.32 Å². The van der Waals surface area contributed by atoms with Gasteiger partial charge < -0.3 is 5.73 Å². The van der Waals surface area contributed by atoms with Crippen LogP contribution in [0.5, 0.6) is 0 Å². The van der Waals surface area contributed by atoms with Crippen LogP contribution in [0, 0.1) is 0 Å². The molecule has 8 heavy (non-hydrogen) atoms. The van der Waals surface area contributed by atoms with Crippen LogP contribution in [0.3, 0.4) is 0 Å². The standard InChI is InChI=1S/C6H14N2/c1-5-3-2-4-6(7)8-5/h5-6,8H,2-4,7H2,1H3. The lowest BCUT2D eigenvalue weighted by Crippen LogP contribution is -2.45. The van der Waals surface area contributed by atoms with E-state index in [2.05, 4.69) is 12.2 Å². The smallest absolute Gasteiger partial charge is 0.0548 e. The Labute approximate surface area is 50.4 Å². The molecule has 0 aromatic carbocycles. The van der Waals surface area contributed by atoms with Crippen LogP contribution in [-0.2, 0) is 0 Å². The summed E-state index contributed by atoms with van der Waals surface area (Å²) in [6, 6.07) is 0.638. The highest BCUT2D eigenvalue weighted by atomic mass is 15.1. The van der Waals surface area contributed by atoms with Crippen molar-refractivity contribution < 1.29 is 0 Å². The molecule has 0 radical (unpaired) electrons. The molecule has 1 aliphatic heterocycles. The quantitative estimate of drug-likeness (QED) is 0.479. The maximum Gasteiger partial charge on any atom is 0.0548 e. The predicted octanol–water partition coefficient (Wildman–Crippen LogP) is 0.433. The monoisotopic (exact) mass is 114 g/mol. The highest BCUT2D eigenvalue weighted by Gasteiger charge is 2.12. The molecule has 0 saturated carbocycles. The lowest BCUT2D eigenvalue weighted by molar-refractivity contribution is 0.341. The normalized spacial score (nSPS) is 39.8. The van der Waals surface area contributed by atoms with Crippen LogP contribution in [-0.4, -0.2) is 12.2 Å². The van der Waals surface area contributed by atoms with Gasteiger partial charge in [0, 0.05) is 6.04 Å². The molecule has 1 fully saturated rings. The van der Waals surface area contributed by atoms with Crippen LogP contribution >= 0.6 is 0 Å². The minimum absolute atomic E-state index is 0.263. The fourth-order valence-corrected chi connectivity index (χ4v) is 1.18. The maximum absolute atomic E-state index is 5.61. The summed E-state index contributed by atoms with van der Waals surface area (Å²) in [6.07, 6.45) is 3.98. The summed E-state index contributed by atoms with van der Waals surface area (Å²) in [6.45, 7) is 2.18. The van der Waals surface area contributed by atoms with Gasteiger partial charge in [0.15, 0.2) is 0 Å². The Bertz CT molecular complexity index is 64.9. The summed E-state index contributed by atoms with van der Waals surface area (Å²) in [5.74, 6) is 0. The highest BCUT2D eigenvalue weighted by molar-refractivity contribution is 4.72. The van der Waals surface area contributed by atoms with E-state index in [1.807, 2.05) is 0 Å². The molecule has 0 spiro atoms. The van der Waals surface area contributed by atoms with Gasteiger partial charge in [0.25, 0.3) is 0 Å². The Morgan fingerprint density at radius 1 is 1.50 bits per heavy atom. The number of hydrogen-bond donors (Lipinski definition) is 2. The molecule has 2 atom stereocenters. The molecular formula is C6H14N2. The summed E-state index contributed by atoms with van der Waals surface area (Å²) < 4.78 is 0. The van der Waals surface area contributed by atoms with Gasteiger partial charge in [-0.1, -0.05) is 0 Å². The Kier molecular flexibility index (Phi) is 1.86. The second kappa shape index (κ2) is 2.46. The minimum atomic E-state index is 0.263. The Morgan fingerprint density at radius 2 is 2.25 bits per heavy atom. The van der Waals surface area contributed by atoms with Gasteiger partial charge in [0.2, 0.25) is 0 Å². The average molecular weight is 114 g/mol. The zero-order chi connectivity index (χ0) is 5.98. The molecule has 2 nitrogen and oxygen atoms in total. The number of hydrogen-bond acceptors (Lipinski definition) is 2. The lowest BCUT2D eigenvalue weighted by Gasteiger charge is -2.25. The van der Waals surface area contributed by atoms with Gasteiger partial charge in [-0.2, -0.15) is 0 Å². The molecule has 2 unspecified atom stereocenters. The first-order valence-electron chi connectivity index (χ1n) is 3.30. The van der Waals surface area contributed by atoms with E-state index in [4.69, 9.17) is 5.73 Å². The average Bonchev–Trinajstić information content (AvgIpc) is 1.64. The van der Waals surface area contributed by atoms with Crippen LogP contribution < -0.4 is 11.1 Å². The molecule has 48 valence electrons. The Morgan fingerprint density at radius 3 is 2.62 bits per heavy atom. The van der Waals surface area contributed by atoms with E-state index in [-0.39, 0.29) is 6.17 Å². The molecule has 1 saturated heterocycles. The molecule has 1 aliphatic rings. The second-order valence-corrected chi connectivity index (χ2v) is 2.61. The van der Waals surface area contributed by atoms with E-state index in [0.717, 1.165) is 6.42 Å². The van der Waals surface area contributed by atoms with E-state index in [9.17, 15) is 0 Å². The highest BCUT2D eigenvalue weighted by Crippen LogP contribution is 2.07. The summed E-state index contributed by atoms with van der Waals surface area (Å²) >= 11 is 0. The van der Waals surface area contributed by atoms with Crippen LogP contribution in [0.25, 0.3) is 0 Å². The van der Waals surface area contributed by atoms with Gasteiger partial charge in [-0.25, -0.2) is 0 Å². The van der Waals surface area contributed by atoms with Gasteiger partial charge >= 0.3 is 0 Å². The van der Waals surface area contributed by atoms with Gasteiger partial charge in [-0.05, 0) is 26.2 Å². The van der Waals surface area contributed by atoms with Gasteiger partial charge in [0.1, 0.15) is 0 Å². The van der Waals surface area contributed by atoms with Crippen molar-refractivity contribution in [2.24, 2.45) is 5.73 Å². The van der Waals surface area contributed by atoms with Crippen LogP contribution in [0.4, 0.5) is 0 Å². The minimum Gasteiger partial charge on any atom is -0.316 e. The third-order valence-electron chi connectivity index (χ3n) is 1.65. The van der Waals surface area contributed by atoms with E-state index >= 15 is 0 Å².